The van der Waals surface area contributed by atoms with Gasteiger partial charge in [-0.1, -0.05) is 24.3 Å². The highest BCUT2D eigenvalue weighted by molar-refractivity contribution is 5.32. The minimum absolute atomic E-state index is 0.171. The molecule has 106 valence electrons. The predicted molar refractivity (Wildman–Crippen MR) is 77.8 cm³/mol. The molecule has 0 bridgehead atoms. The molecule has 0 aliphatic rings. The van der Waals surface area contributed by atoms with Crippen LogP contribution in [0.25, 0.3) is 0 Å². The van der Waals surface area contributed by atoms with Gasteiger partial charge in [0.2, 0.25) is 0 Å². The van der Waals surface area contributed by atoms with Crippen molar-refractivity contribution in [1.29, 1.82) is 0 Å². The summed E-state index contributed by atoms with van der Waals surface area (Å²) in [5, 5.41) is 3.12. The van der Waals surface area contributed by atoms with Crippen molar-refractivity contribution in [3.05, 3.63) is 70.3 Å². The van der Waals surface area contributed by atoms with E-state index in [1.807, 2.05) is 31.2 Å². The average Bonchev–Trinajstić information content (AvgIpc) is 2.42. The number of rotatable bonds is 4. The molecule has 0 aliphatic carbocycles. The number of nitrogens with one attached hydrogen (secondary N) is 1. The van der Waals surface area contributed by atoms with Crippen molar-refractivity contribution in [2.24, 2.45) is 0 Å². The Hall–Kier alpha value is -1.74. The summed E-state index contributed by atoms with van der Waals surface area (Å²) in [5.74, 6) is -1.00. The first-order valence-electron chi connectivity index (χ1n) is 6.70. The van der Waals surface area contributed by atoms with E-state index in [0.717, 1.165) is 11.6 Å². The second kappa shape index (κ2) is 6.14. The van der Waals surface area contributed by atoms with Gasteiger partial charge in [0, 0.05) is 17.7 Å². The lowest BCUT2D eigenvalue weighted by molar-refractivity contribution is 0.518. The molecule has 0 amide bonds. The van der Waals surface area contributed by atoms with Crippen LogP contribution in [0, 0.1) is 25.5 Å². The van der Waals surface area contributed by atoms with Crippen LogP contribution in [0.4, 0.5) is 8.78 Å². The Morgan fingerprint density at radius 2 is 1.70 bits per heavy atom. The molecule has 1 atom stereocenters. The standard InChI is InChI=1S/C17H19F2N/c1-11-6-4-5-7-13(11)9-17(20-3)14-8-12(2)15(18)10-16(14)19/h4-8,10,17,20H,9H2,1-3H3. The summed E-state index contributed by atoms with van der Waals surface area (Å²) in [5.41, 5.74) is 3.31. The van der Waals surface area contributed by atoms with Gasteiger partial charge in [0.25, 0.3) is 0 Å². The van der Waals surface area contributed by atoms with Gasteiger partial charge in [-0.2, -0.15) is 0 Å². The highest BCUT2D eigenvalue weighted by Crippen LogP contribution is 2.24. The summed E-state index contributed by atoms with van der Waals surface area (Å²) in [7, 11) is 1.79. The van der Waals surface area contributed by atoms with Crippen LogP contribution in [-0.4, -0.2) is 7.05 Å². The minimum Gasteiger partial charge on any atom is -0.313 e. The fraction of sp³-hybridized carbons (Fsp3) is 0.294. The van der Waals surface area contributed by atoms with Crippen LogP contribution in [-0.2, 0) is 6.42 Å². The van der Waals surface area contributed by atoms with Crippen LogP contribution in [0.1, 0.15) is 28.3 Å². The molecule has 0 radical (unpaired) electrons. The first-order valence-corrected chi connectivity index (χ1v) is 6.70. The molecule has 0 saturated carbocycles. The monoisotopic (exact) mass is 275 g/mol. The molecule has 2 aromatic rings. The Labute approximate surface area is 118 Å². The van der Waals surface area contributed by atoms with E-state index >= 15 is 0 Å². The highest BCUT2D eigenvalue weighted by atomic mass is 19.1. The van der Waals surface area contributed by atoms with Crippen molar-refractivity contribution in [2.75, 3.05) is 7.05 Å². The quantitative estimate of drug-likeness (QED) is 0.886. The van der Waals surface area contributed by atoms with E-state index in [2.05, 4.69) is 5.32 Å². The van der Waals surface area contributed by atoms with Crippen molar-refractivity contribution in [3.63, 3.8) is 0 Å². The lowest BCUT2D eigenvalue weighted by atomic mass is 9.95. The van der Waals surface area contributed by atoms with Gasteiger partial charge in [0.05, 0.1) is 0 Å². The molecule has 3 heteroatoms. The fourth-order valence-electron chi connectivity index (χ4n) is 2.37. The zero-order chi connectivity index (χ0) is 14.7. The summed E-state index contributed by atoms with van der Waals surface area (Å²) in [6.07, 6.45) is 0.672. The number of halogens is 2. The summed E-state index contributed by atoms with van der Waals surface area (Å²) >= 11 is 0. The molecule has 1 nitrogen and oxygen atoms in total. The van der Waals surface area contributed by atoms with Crippen LogP contribution in [0.2, 0.25) is 0 Å². The van der Waals surface area contributed by atoms with Crippen LogP contribution in [0.5, 0.6) is 0 Å². The second-order valence-electron chi connectivity index (χ2n) is 5.09. The summed E-state index contributed by atoms with van der Waals surface area (Å²) in [6.45, 7) is 3.69. The molecule has 1 unspecified atom stereocenters. The molecule has 2 aromatic carbocycles. The summed E-state index contributed by atoms with van der Waals surface area (Å²) in [4.78, 5) is 0. The van der Waals surface area contributed by atoms with Crippen LogP contribution >= 0.6 is 0 Å². The van der Waals surface area contributed by atoms with Gasteiger partial charge in [0.1, 0.15) is 11.6 Å². The molecule has 20 heavy (non-hydrogen) atoms. The maximum absolute atomic E-state index is 14.0. The predicted octanol–water partition coefficient (Wildman–Crippen LogP) is 4.08. The Kier molecular flexibility index (Phi) is 4.50. The van der Waals surface area contributed by atoms with Gasteiger partial charge < -0.3 is 5.32 Å². The molecule has 0 fully saturated rings. The van der Waals surface area contributed by atoms with Crippen LogP contribution in [0.3, 0.4) is 0 Å². The van der Waals surface area contributed by atoms with E-state index in [0.29, 0.717) is 17.5 Å². The first kappa shape index (κ1) is 14.7. The third-order valence-corrected chi connectivity index (χ3v) is 3.69. The molecule has 0 heterocycles. The molecular weight excluding hydrogens is 256 g/mol. The van der Waals surface area contributed by atoms with E-state index < -0.39 is 11.6 Å². The first-order chi connectivity index (χ1) is 9.52. The van der Waals surface area contributed by atoms with Gasteiger partial charge in [-0.05, 0) is 50.1 Å². The maximum atomic E-state index is 14.0. The van der Waals surface area contributed by atoms with Crippen molar-refractivity contribution >= 4 is 0 Å². The highest BCUT2D eigenvalue weighted by Gasteiger charge is 2.17. The lowest BCUT2D eigenvalue weighted by Gasteiger charge is -2.19. The van der Waals surface area contributed by atoms with E-state index in [4.69, 9.17) is 0 Å². The summed E-state index contributed by atoms with van der Waals surface area (Å²) < 4.78 is 27.3. The van der Waals surface area contributed by atoms with Gasteiger partial charge >= 0.3 is 0 Å². The Bertz CT molecular complexity index is 608. The molecule has 0 aliphatic heterocycles. The SMILES string of the molecule is CNC(Cc1ccccc1C)c1cc(C)c(F)cc1F. The third-order valence-electron chi connectivity index (χ3n) is 3.69. The number of hydrogen-bond acceptors (Lipinski definition) is 1. The minimum atomic E-state index is -0.503. The number of aryl methyl sites for hydroxylation is 2. The van der Waals surface area contributed by atoms with Crippen molar-refractivity contribution < 1.29 is 8.78 Å². The molecule has 0 aromatic heterocycles. The lowest BCUT2D eigenvalue weighted by Crippen LogP contribution is -2.21. The largest absolute Gasteiger partial charge is 0.313 e. The number of hydrogen-bond donors (Lipinski definition) is 1. The molecular formula is C17H19F2N. The fourth-order valence-corrected chi connectivity index (χ4v) is 2.37. The van der Waals surface area contributed by atoms with Crippen LogP contribution < -0.4 is 5.32 Å². The molecule has 0 saturated heterocycles. The number of likely N-dealkylation sites (N-methyl/N-ethyl adjacent to an activating group) is 1. The van der Waals surface area contributed by atoms with Gasteiger partial charge in [0.15, 0.2) is 0 Å². The average molecular weight is 275 g/mol. The van der Waals surface area contributed by atoms with Crippen molar-refractivity contribution in [1.82, 2.24) is 5.32 Å². The second-order valence-corrected chi connectivity index (χ2v) is 5.09. The zero-order valence-electron chi connectivity index (χ0n) is 12.0. The Morgan fingerprint density at radius 1 is 1.00 bits per heavy atom. The van der Waals surface area contributed by atoms with E-state index in [-0.39, 0.29) is 6.04 Å². The number of benzene rings is 2. The third kappa shape index (κ3) is 3.05. The smallest absolute Gasteiger partial charge is 0.130 e. The van der Waals surface area contributed by atoms with E-state index in [1.54, 1.807) is 20.0 Å². The molecule has 1 N–H and O–H groups in total. The van der Waals surface area contributed by atoms with Gasteiger partial charge in [-0.3, -0.25) is 0 Å². The van der Waals surface area contributed by atoms with Gasteiger partial charge in [-0.25, -0.2) is 8.78 Å². The van der Waals surface area contributed by atoms with Crippen molar-refractivity contribution in [2.45, 2.75) is 26.3 Å². The van der Waals surface area contributed by atoms with Crippen molar-refractivity contribution in [3.8, 4) is 0 Å². The topological polar surface area (TPSA) is 12.0 Å². The zero-order valence-corrected chi connectivity index (χ0v) is 12.0. The Morgan fingerprint density at radius 3 is 2.35 bits per heavy atom. The summed E-state index contributed by atoms with van der Waals surface area (Å²) in [6, 6.07) is 10.4. The van der Waals surface area contributed by atoms with E-state index in [1.165, 1.54) is 5.56 Å². The maximum Gasteiger partial charge on any atom is 0.130 e. The van der Waals surface area contributed by atoms with Gasteiger partial charge in [-0.15, -0.1) is 0 Å². The molecule has 2 rings (SSSR count). The van der Waals surface area contributed by atoms with Crippen LogP contribution in [0.15, 0.2) is 36.4 Å². The Balaban J connectivity index is 2.34. The van der Waals surface area contributed by atoms with E-state index in [9.17, 15) is 8.78 Å². The molecule has 0 spiro atoms. The normalized spacial score (nSPS) is 12.4.